The molecule has 8 unspecified atom stereocenters. The van der Waals surface area contributed by atoms with Crippen molar-refractivity contribution in [2.24, 2.45) is 81.3 Å². The number of halogens is 6. The predicted octanol–water partition coefficient (Wildman–Crippen LogP) is 17.0. The van der Waals surface area contributed by atoms with Crippen LogP contribution < -0.4 is 44.4 Å². The molecule has 10 fully saturated rings. The first-order valence-electron chi connectivity index (χ1n) is 50.1. The molecule has 9 heterocycles. The number of fused-ring (bicyclic) bond motifs is 23. The molecule has 30 nitrogen and oxygen atoms in total. The van der Waals surface area contributed by atoms with Gasteiger partial charge in [0.1, 0.15) is 88.6 Å². The van der Waals surface area contributed by atoms with E-state index in [0.29, 0.717) is 139 Å². The van der Waals surface area contributed by atoms with Gasteiger partial charge in [0.15, 0.2) is 0 Å². The van der Waals surface area contributed by atoms with Crippen LogP contribution in [0.15, 0.2) is 54.6 Å². The number of benzene rings is 3. The van der Waals surface area contributed by atoms with E-state index >= 15 is 26.3 Å². The smallest absolute Gasteiger partial charge is 0.408 e. The molecular weight excluding hydrogens is 1970 g/mol. The van der Waals surface area contributed by atoms with Gasteiger partial charge < -0.3 is 87.7 Å². The predicted molar refractivity (Wildman–Crippen MR) is 500 cm³/mol. The van der Waals surface area contributed by atoms with Crippen molar-refractivity contribution in [3.8, 4) is 34.9 Å². The van der Waals surface area contributed by atoms with Crippen molar-refractivity contribution in [3.05, 3.63) is 71.7 Å². The van der Waals surface area contributed by atoms with Crippen LogP contribution in [0.4, 0.5) is 40.7 Å². The van der Waals surface area contributed by atoms with E-state index in [9.17, 15) is 43.2 Å². The van der Waals surface area contributed by atoms with Crippen LogP contribution in [0.3, 0.4) is 0 Å². The largest absolute Gasteiger partial charge is 0.540 e. The average molecular weight is 2100 g/mol. The maximum absolute atomic E-state index is 15.7. The molecule has 6 amide bonds. The number of nitrogens with zero attached hydrogens (tertiary/aromatic N) is 9. The molecule has 7 saturated carbocycles. The molecule has 26 atom stereocenters. The molecule has 6 bridgehead atoms. The Bertz CT molecular complexity index is 5600. The first-order valence-corrected chi connectivity index (χ1v) is 50.1. The second-order valence-electron chi connectivity index (χ2n) is 44.5. The Balaban J connectivity index is 0.000000168. The van der Waals surface area contributed by atoms with Gasteiger partial charge in [-0.3, -0.25) is 14.4 Å². The Kier molecular flexibility index (Phi) is 32.8. The number of alkyl carbamates (subject to hydrolysis) is 3. The minimum Gasteiger partial charge on any atom is -0.540 e. The number of carbonyl (C=O) groups excluding carboxylic acids is 9. The molecule has 143 heavy (non-hydrogen) atoms. The molecule has 39 heteroatoms. The number of aromatic nitrogens is 6. The van der Waals surface area contributed by atoms with Crippen molar-refractivity contribution in [2.75, 3.05) is 41.0 Å². The van der Waals surface area contributed by atoms with Crippen LogP contribution in [-0.2, 0) is 98.6 Å². The van der Waals surface area contributed by atoms with E-state index in [1.54, 1.807) is 54.6 Å². The zero-order valence-corrected chi connectivity index (χ0v) is 88.1. The van der Waals surface area contributed by atoms with Crippen LogP contribution in [-0.4, -0.2) is 231 Å². The van der Waals surface area contributed by atoms with Gasteiger partial charge in [0, 0.05) is 91.6 Å². The number of carbonyl (C=O) groups is 6. The van der Waals surface area contributed by atoms with E-state index in [1.165, 1.54) is 36.0 Å². The first kappa shape index (κ1) is 110. The van der Waals surface area contributed by atoms with Crippen molar-refractivity contribution < 1.29 is 168 Å². The van der Waals surface area contributed by atoms with Gasteiger partial charge in [0.25, 0.3) is 17.8 Å². The molecule has 775 valence electrons. The molecule has 6 aliphatic heterocycles. The van der Waals surface area contributed by atoms with Gasteiger partial charge in [0.2, 0.25) is 35.4 Å². The van der Waals surface area contributed by atoms with Crippen LogP contribution in [0.1, 0.15) is 253 Å². The Morgan fingerprint density at radius 2 is 0.734 bits per heavy atom. The van der Waals surface area contributed by atoms with Gasteiger partial charge in [-0.2, -0.15) is 0 Å². The minimum atomic E-state index is -3.01. The number of rotatable bonds is 9. The Morgan fingerprint density at radius 3 is 1.08 bits per heavy atom. The molecule has 19 rings (SSSR count). The van der Waals surface area contributed by atoms with Crippen molar-refractivity contribution in [1.82, 2.24) is 60.6 Å². The van der Waals surface area contributed by atoms with Crippen LogP contribution in [0.5, 0.6) is 34.9 Å². The zero-order valence-electron chi connectivity index (χ0n) is 83.9. The second kappa shape index (κ2) is 42.7. The third-order valence-electron chi connectivity index (χ3n) is 32.7. The van der Waals surface area contributed by atoms with Gasteiger partial charge in [-0.1, -0.05) is 140 Å². The van der Waals surface area contributed by atoms with Gasteiger partial charge >= 0.3 is 18.3 Å². The third-order valence-corrected chi connectivity index (χ3v) is 32.7. The number of amides is 6. The average Bonchev–Trinajstić information content (AvgIpc) is 1.56. The summed E-state index contributed by atoms with van der Waals surface area (Å²) >= 11 is 0. The normalized spacial score (nSPS) is 33.8. The molecule has 3 radical (unpaired) electrons. The Morgan fingerprint density at radius 1 is 0.399 bits per heavy atom. The number of methoxy groups -OCH3 is 3. The van der Waals surface area contributed by atoms with Gasteiger partial charge in [0.05, 0.1) is 91.8 Å². The van der Waals surface area contributed by atoms with E-state index in [0.717, 1.165) is 38.5 Å². The van der Waals surface area contributed by atoms with E-state index in [2.05, 4.69) is 25.9 Å². The van der Waals surface area contributed by atoms with Gasteiger partial charge in [-0.05, 0) is 197 Å². The summed E-state index contributed by atoms with van der Waals surface area (Å²) in [6.07, 6.45) is 13.3. The summed E-state index contributed by atoms with van der Waals surface area (Å²) in [5.74, 6) is -15.7. The van der Waals surface area contributed by atoms with E-state index < -0.39 is 183 Å². The molecule has 6 aromatic rings. The summed E-state index contributed by atoms with van der Waals surface area (Å²) in [5.41, 5.74) is -0.119. The molecular formula is C104H131F6N12O18V3-3. The summed E-state index contributed by atoms with van der Waals surface area (Å²) < 4.78 is 147. The number of ether oxygens (including phenoxy) is 9. The van der Waals surface area contributed by atoms with E-state index in [1.807, 2.05) is 109 Å². The third kappa shape index (κ3) is 21.8. The zero-order chi connectivity index (χ0) is 100. The van der Waals surface area contributed by atoms with Crippen molar-refractivity contribution in [1.29, 1.82) is 0 Å². The number of hydrogen-bond donors (Lipinski definition) is 3. The van der Waals surface area contributed by atoms with Crippen molar-refractivity contribution >= 4 is 88.0 Å². The van der Waals surface area contributed by atoms with Gasteiger partial charge in [-0.25, -0.2) is 89.5 Å². The van der Waals surface area contributed by atoms with Crippen molar-refractivity contribution in [3.63, 3.8) is 0 Å². The molecule has 3 saturated heterocycles. The molecule has 13 aliphatic rings. The standard InChI is InChI=1S/C35H43F2N4O6.C35H45F2N4O6.C34H43F2N4O6.3V/c1-6-19-25(16-42)41-15-27(19)46-31-29(38-23-11-10-18(45-5)14-24(23)39-31)28-22(35(28,36)37)9-7-8-20-21-12-17(21)13-26(20)47-33(44)40-30(32(41)43)34(2,3)4;1-7-21-25(18-42)41-17-26(21)46-30-28(38-23-14-13-20(45-6)16-24(23)39-30)27-22(35(27,36)37)12-8-10-19-11-9-15-34(19,5)47-32(44)40-29(31(41)43)33(2,3)4;1-6-20-24(17-41)40-16-26(20)45-30-28(37-22-14-13-19(44-5)15-23(22)38-30)27-21(34(27,35)36)11-7-9-18-10-8-12-25(18)46-32(43)39-29(31(40)42)33(2,3)4;;;/h10-11,14,17,19-22,25-28,30H,6-9,12-13,15H2,1-5H3,(H,40,44);13-14,16,19,21-22,25-27,29H,7-12,15,17H2,1-6H3,(H,40,44);13-15,18,20-21,24-27,29H,6-12,16H2,1-5H3,(H,39,43);;;/q3*-1;;;/t17?,19-,20+,21?,22?,25+,26+,27-,28?,30+;19-,21+,22?,25-,26+,27?,29-,34-;18-,20+,21?,24-,25-,26+,27?,29-;;;/m011.../s1. The van der Waals surface area contributed by atoms with E-state index in [4.69, 9.17) is 62.6 Å². The van der Waals surface area contributed by atoms with Crippen LogP contribution >= 0.6 is 0 Å². The summed E-state index contributed by atoms with van der Waals surface area (Å²) in [6.45, 7) is 24.0. The number of nitrogens with one attached hydrogen (secondary N) is 3. The van der Waals surface area contributed by atoms with Crippen LogP contribution in [0.25, 0.3) is 33.1 Å². The molecule has 7 aliphatic carbocycles. The molecule has 0 spiro atoms. The molecule has 3 aromatic carbocycles. The Labute approximate surface area is 865 Å². The Hall–Kier alpha value is -8.96. The number of alkyl halides is 6. The fourth-order valence-electron chi connectivity index (χ4n) is 24.5. The molecule has 3 N–H and O–H groups in total. The van der Waals surface area contributed by atoms with Crippen molar-refractivity contribution in [2.45, 2.75) is 326 Å². The number of hydrogen-bond acceptors (Lipinski definition) is 24. The first-order chi connectivity index (χ1) is 66.4. The summed E-state index contributed by atoms with van der Waals surface area (Å²) in [5, 5.41) is 8.45. The summed E-state index contributed by atoms with van der Waals surface area (Å²) in [6, 6.07) is 9.26. The topological polar surface area (TPSA) is 360 Å². The minimum absolute atomic E-state index is 0. The van der Waals surface area contributed by atoms with E-state index in [-0.39, 0.29) is 153 Å². The maximum atomic E-state index is 15.7. The van der Waals surface area contributed by atoms with Crippen LogP contribution in [0, 0.1) is 81.3 Å². The summed E-state index contributed by atoms with van der Waals surface area (Å²) in [7, 11) is 4.57. The molecule has 3 aromatic heterocycles. The maximum Gasteiger partial charge on any atom is 0.408 e. The monoisotopic (exact) mass is 2100 g/mol. The van der Waals surface area contributed by atoms with Crippen LogP contribution in [0.2, 0.25) is 0 Å². The fourth-order valence-corrected chi connectivity index (χ4v) is 24.5. The second-order valence-corrected chi connectivity index (χ2v) is 44.5. The van der Waals surface area contributed by atoms with Gasteiger partial charge in [-0.15, -0.1) is 0 Å². The SMILES string of the molecule is CC[C@@H]1[C@@H]2CN(C(=O)[C@H](C(C)(C)C)NC(=O)O[C@@H]3CC4CC4[C@H]3CCCC3C(c4nc5ccc(OC)cc5nc4O2)C3(F)F)[C@@H]1[C-]=O.CC[C@@H]1[C@@H]2CN(C(=O)[C@H](C(C)(C)C)NC(=O)O[C@@H]3CCC[C@H]3CCCC3C(c4nc5ccc(OC)cc5nc4O2)C3(F)F)[C@@H]1[C-]=O.CC[C@@H]1[C@@H]2CN(C(=O)[C@H](C(C)(C)C)NC(=O)O[C@]3(C)CCC[C@H]3CCCC3C(c4nc5ccc(OC)cc5nc4O2)C3(F)F)[C@@H]1[C-]=O.[V].[V].[V]. The quantitative estimate of drug-likeness (QED) is 0.0687. The fraction of sp³-hybridized carbons (Fsp3) is 0.683. The summed E-state index contributed by atoms with van der Waals surface area (Å²) in [4.78, 5) is 152.